The standard InChI is InChI=1S/C14H29N3O2/c1-13(2,3)12(19)15-8-11(18)16-9-14(4,5)10-17(6)7/h8-10H2,1-7H3,(H,15,19)(H,16,18). The Balaban J connectivity index is 4.04. The molecule has 0 saturated carbocycles. The first-order chi connectivity index (χ1) is 8.44. The summed E-state index contributed by atoms with van der Waals surface area (Å²) in [5.41, 5.74) is -0.461. The molecule has 0 spiro atoms. The van der Waals surface area contributed by atoms with Crippen LogP contribution < -0.4 is 10.6 Å². The van der Waals surface area contributed by atoms with Crippen molar-refractivity contribution in [2.24, 2.45) is 10.8 Å². The van der Waals surface area contributed by atoms with E-state index in [1.54, 1.807) is 0 Å². The van der Waals surface area contributed by atoms with E-state index in [4.69, 9.17) is 0 Å². The Bertz CT molecular complexity index is 317. The topological polar surface area (TPSA) is 61.4 Å². The van der Waals surface area contributed by atoms with Crippen LogP contribution in [0.4, 0.5) is 0 Å². The second-order valence-electron chi connectivity index (χ2n) is 7.11. The molecule has 2 amide bonds. The molecule has 0 aromatic carbocycles. The smallest absolute Gasteiger partial charge is 0.239 e. The molecule has 0 rings (SSSR count). The van der Waals surface area contributed by atoms with E-state index in [-0.39, 0.29) is 23.8 Å². The number of carbonyl (C=O) groups is 2. The van der Waals surface area contributed by atoms with Crippen LogP contribution in [0.15, 0.2) is 0 Å². The van der Waals surface area contributed by atoms with Gasteiger partial charge in [0.25, 0.3) is 0 Å². The van der Waals surface area contributed by atoms with Crippen LogP contribution in [0.3, 0.4) is 0 Å². The molecule has 0 heterocycles. The maximum atomic E-state index is 11.7. The molecule has 0 bridgehead atoms. The number of rotatable bonds is 6. The molecular formula is C14H29N3O2. The molecule has 0 aromatic rings. The zero-order valence-corrected chi connectivity index (χ0v) is 13.4. The minimum absolute atomic E-state index is 0.00714. The average molecular weight is 271 g/mol. The fraction of sp³-hybridized carbons (Fsp3) is 0.857. The van der Waals surface area contributed by atoms with Crippen LogP contribution in [0.25, 0.3) is 0 Å². The van der Waals surface area contributed by atoms with Crippen LogP contribution >= 0.6 is 0 Å². The third-order valence-electron chi connectivity index (χ3n) is 2.60. The zero-order valence-electron chi connectivity index (χ0n) is 13.4. The molecule has 2 N–H and O–H groups in total. The summed E-state index contributed by atoms with van der Waals surface area (Å²) in [7, 11) is 4.01. The summed E-state index contributed by atoms with van der Waals surface area (Å²) in [5.74, 6) is -0.264. The summed E-state index contributed by atoms with van der Waals surface area (Å²) in [6.45, 7) is 11.2. The summed E-state index contributed by atoms with van der Waals surface area (Å²) in [6, 6.07) is 0. The SMILES string of the molecule is CN(C)CC(C)(C)CNC(=O)CNC(=O)C(C)(C)C. The van der Waals surface area contributed by atoms with Crippen LogP contribution in [-0.2, 0) is 9.59 Å². The van der Waals surface area contributed by atoms with Gasteiger partial charge in [-0.2, -0.15) is 0 Å². The highest BCUT2D eigenvalue weighted by Gasteiger charge is 2.22. The van der Waals surface area contributed by atoms with Crippen molar-refractivity contribution in [1.82, 2.24) is 15.5 Å². The molecule has 0 aromatic heterocycles. The highest BCUT2D eigenvalue weighted by molar-refractivity contribution is 5.87. The lowest BCUT2D eigenvalue weighted by atomic mass is 9.93. The maximum absolute atomic E-state index is 11.7. The Morgan fingerprint density at radius 3 is 1.95 bits per heavy atom. The minimum atomic E-state index is -0.468. The Kier molecular flexibility index (Phi) is 6.49. The van der Waals surface area contributed by atoms with Crippen molar-refractivity contribution in [3.8, 4) is 0 Å². The van der Waals surface area contributed by atoms with E-state index in [1.165, 1.54) is 0 Å². The monoisotopic (exact) mass is 271 g/mol. The summed E-state index contributed by atoms with van der Waals surface area (Å²) in [6.07, 6.45) is 0. The van der Waals surface area contributed by atoms with Crippen molar-refractivity contribution < 1.29 is 9.59 Å². The maximum Gasteiger partial charge on any atom is 0.239 e. The van der Waals surface area contributed by atoms with Gasteiger partial charge in [0.2, 0.25) is 11.8 Å². The molecule has 5 heteroatoms. The van der Waals surface area contributed by atoms with Gasteiger partial charge in [-0.15, -0.1) is 0 Å². The minimum Gasteiger partial charge on any atom is -0.354 e. The van der Waals surface area contributed by atoms with Crippen molar-refractivity contribution in [3.05, 3.63) is 0 Å². The van der Waals surface area contributed by atoms with Crippen molar-refractivity contribution in [2.75, 3.05) is 33.7 Å². The Labute approximate surface area is 117 Å². The van der Waals surface area contributed by atoms with Gasteiger partial charge >= 0.3 is 0 Å². The molecule has 0 fully saturated rings. The van der Waals surface area contributed by atoms with Crippen LogP contribution in [0.5, 0.6) is 0 Å². The zero-order chi connectivity index (χ0) is 15.3. The van der Waals surface area contributed by atoms with Crippen molar-refractivity contribution >= 4 is 11.8 Å². The molecule has 0 unspecified atom stereocenters. The van der Waals surface area contributed by atoms with Gasteiger partial charge in [0.1, 0.15) is 0 Å². The first kappa shape index (κ1) is 17.9. The predicted octanol–water partition coefficient (Wildman–Crippen LogP) is 0.853. The fourth-order valence-corrected chi connectivity index (χ4v) is 1.74. The fourth-order valence-electron chi connectivity index (χ4n) is 1.74. The molecule has 0 saturated heterocycles. The molecule has 5 nitrogen and oxygen atoms in total. The Morgan fingerprint density at radius 2 is 1.53 bits per heavy atom. The molecule has 0 aliphatic heterocycles. The molecule has 0 aliphatic carbocycles. The second kappa shape index (κ2) is 6.89. The Hall–Kier alpha value is -1.10. The molecule has 19 heavy (non-hydrogen) atoms. The summed E-state index contributed by atoms with van der Waals surface area (Å²) < 4.78 is 0. The lowest BCUT2D eigenvalue weighted by molar-refractivity contribution is -0.131. The van der Waals surface area contributed by atoms with Crippen molar-refractivity contribution in [2.45, 2.75) is 34.6 Å². The van der Waals surface area contributed by atoms with E-state index in [0.717, 1.165) is 6.54 Å². The van der Waals surface area contributed by atoms with Gasteiger partial charge in [-0.05, 0) is 19.5 Å². The first-order valence-electron chi connectivity index (χ1n) is 6.64. The van der Waals surface area contributed by atoms with E-state index in [0.29, 0.717) is 6.54 Å². The third-order valence-corrected chi connectivity index (χ3v) is 2.60. The van der Waals surface area contributed by atoms with Crippen molar-refractivity contribution in [3.63, 3.8) is 0 Å². The summed E-state index contributed by atoms with van der Waals surface area (Å²) in [4.78, 5) is 25.4. The largest absolute Gasteiger partial charge is 0.354 e. The molecule has 0 atom stereocenters. The molecule has 0 aliphatic rings. The Morgan fingerprint density at radius 1 is 1.00 bits per heavy atom. The van der Waals surface area contributed by atoms with Gasteiger partial charge in [-0.25, -0.2) is 0 Å². The summed E-state index contributed by atoms with van der Waals surface area (Å²) >= 11 is 0. The van der Waals surface area contributed by atoms with Crippen LogP contribution in [0.2, 0.25) is 0 Å². The van der Waals surface area contributed by atoms with Gasteiger partial charge in [0, 0.05) is 18.5 Å². The van der Waals surface area contributed by atoms with Crippen LogP contribution in [0.1, 0.15) is 34.6 Å². The van der Waals surface area contributed by atoms with Crippen molar-refractivity contribution in [1.29, 1.82) is 0 Å². The second-order valence-corrected chi connectivity index (χ2v) is 7.11. The van der Waals surface area contributed by atoms with E-state index >= 15 is 0 Å². The molecule has 0 radical (unpaired) electrons. The summed E-state index contributed by atoms with van der Waals surface area (Å²) in [5, 5.41) is 5.49. The van der Waals surface area contributed by atoms with Gasteiger partial charge in [-0.1, -0.05) is 34.6 Å². The number of carbonyl (C=O) groups excluding carboxylic acids is 2. The average Bonchev–Trinajstić information content (AvgIpc) is 2.19. The highest BCUT2D eigenvalue weighted by atomic mass is 16.2. The van der Waals surface area contributed by atoms with Gasteiger partial charge in [0.15, 0.2) is 0 Å². The highest BCUT2D eigenvalue weighted by Crippen LogP contribution is 2.14. The number of nitrogens with zero attached hydrogens (tertiary/aromatic N) is 1. The first-order valence-corrected chi connectivity index (χ1v) is 6.64. The van der Waals surface area contributed by atoms with Crippen LogP contribution in [0, 0.1) is 10.8 Å². The predicted molar refractivity (Wildman–Crippen MR) is 77.8 cm³/mol. The number of hydrogen-bond donors (Lipinski definition) is 2. The third kappa shape index (κ3) is 8.59. The quantitative estimate of drug-likeness (QED) is 0.753. The van der Waals surface area contributed by atoms with E-state index in [2.05, 4.69) is 29.4 Å². The lowest BCUT2D eigenvalue weighted by Crippen LogP contribution is -2.45. The normalized spacial score (nSPS) is 12.4. The van der Waals surface area contributed by atoms with Gasteiger partial charge in [-0.3, -0.25) is 9.59 Å². The van der Waals surface area contributed by atoms with E-state index in [1.807, 2.05) is 34.9 Å². The molecular weight excluding hydrogens is 242 g/mol. The molecule has 112 valence electrons. The lowest BCUT2D eigenvalue weighted by Gasteiger charge is -2.28. The number of amides is 2. The van der Waals surface area contributed by atoms with Gasteiger partial charge in [0.05, 0.1) is 6.54 Å². The van der Waals surface area contributed by atoms with E-state index in [9.17, 15) is 9.59 Å². The van der Waals surface area contributed by atoms with Gasteiger partial charge < -0.3 is 15.5 Å². The van der Waals surface area contributed by atoms with Crippen LogP contribution in [-0.4, -0.2) is 50.4 Å². The number of nitrogens with one attached hydrogen (secondary N) is 2. The number of hydrogen-bond acceptors (Lipinski definition) is 3. The van der Waals surface area contributed by atoms with E-state index < -0.39 is 5.41 Å².